The fourth-order valence-corrected chi connectivity index (χ4v) is 2.00. The van der Waals surface area contributed by atoms with Gasteiger partial charge in [-0.15, -0.1) is 5.10 Å². The third-order valence-corrected chi connectivity index (χ3v) is 2.95. The van der Waals surface area contributed by atoms with Gasteiger partial charge in [0.1, 0.15) is 17.3 Å². The molecule has 96 valence electrons. The van der Waals surface area contributed by atoms with Crippen LogP contribution in [0.15, 0.2) is 28.4 Å². The van der Waals surface area contributed by atoms with E-state index in [2.05, 4.69) is 17.1 Å². The van der Waals surface area contributed by atoms with Gasteiger partial charge in [-0.25, -0.2) is 0 Å². The summed E-state index contributed by atoms with van der Waals surface area (Å²) in [5.74, 6) is 2.28. The van der Waals surface area contributed by atoms with Gasteiger partial charge in [0.25, 0.3) is 0 Å². The molecule has 0 aromatic heterocycles. The van der Waals surface area contributed by atoms with Crippen LogP contribution in [-0.4, -0.2) is 25.8 Å². The van der Waals surface area contributed by atoms with Gasteiger partial charge in [0, 0.05) is 24.0 Å². The van der Waals surface area contributed by atoms with Crippen LogP contribution in [-0.2, 0) is 0 Å². The minimum Gasteiger partial charge on any atom is -0.497 e. The molecule has 2 rings (SSSR count). The van der Waals surface area contributed by atoms with Crippen LogP contribution in [0.1, 0.15) is 18.9 Å². The van der Waals surface area contributed by atoms with E-state index < -0.39 is 0 Å². The average molecular weight is 247 g/mol. The van der Waals surface area contributed by atoms with Crippen molar-refractivity contribution < 1.29 is 9.47 Å². The molecule has 0 saturated carbocycles. The molecule has 1 unspecified atom stereocenters. The Bertz CT molecular complexity index is 509. The van der Waals surface area contributed by atoms with Gasteiger partial charge in [-0.2, -0.15) is 5.10 Å². The summed E-state index contributed by atoms with van der Waals surface area (Å²) in [7, 11) is 3.25. The number of hydrogen-bond acceptors (Lipinski definition) is 5. The zero-order valence-electron chi connectivity index (χ0n) is 10.8. The molecule has 1 aromatic carbocycles. The van der Waals surface area contributed by atoms with Gasteiger partial charge in [-0.3, -0.25) is 0 Å². The summed E-state index contributed by atoms with van der Waals surface area (Å²) in [5.41, 5.74) is 7.50. The first-order valence-electron chi connectivity index (χ1n) is 5.78. The largest absolute Gasteiger partial charge is 0.497 e. The highest BCUT2D eigenvalue weighted by Gasteiger charge is 2.21. The smallest absolute Gasteiger partial charge is 0.131 e. The van der Waals surface area contributed by atoms with Crippen molar-refractivity contribution in [3.63, 3.8) is 0 Å². The fraction of sp³-hybridized carbons (Fsp3) is 0.385. The van der Waals surface area contributed by atoms with E-state index in [4.69, 9.17) is 15.2 Å². The molecule has 0 radical (unpaired) electrons. The molecular formula is C13H17N3O2. The number of benzene rings is 1. The summed E-state index contributed by atoms with van der Waals surface area (Å²) < 4.78 is 10.6. The van der Waals surface area contributed by atoms with Crippen LogP contribution in [0.5, 0.6) is 11.5 Å². The van der Waals surface area contributed by atoms with E-state index in [-0.39, 0.29) is 5.92 Å². The molecule has 0 saturated heterocycles. The third-order valence-electron chi connectivity index (χ3n) is 2.95. The number of rotatable bonds is 3. The highest BCUT2D eigenvalue weighted by Crippen LogP contribution is 2.29. The monoisotopic (exact) mass is 247 g/mol. The topological polar surface area (TPSA) is 69.2 Å². The van der Waals surface area contributed by atoms with Crippen molar-refractivity contribution in [1.29, 1.82) is 0 Å². The van der Waals surface area contributed by atoms with E-state index in [0.717, 1.165) is 22.8 Å². The Morgan fingerprint density at radius 3 is 2.61 bits per heavy atom. The van der Waals surface area contributed by atoms with Gasteiger partial charge in [0.2, 0.25) is 0 Å². The minimum atomic E-state index is 0.227. The van der Waals surface area contributed by atoms with E-state index in [9.17, 15) is 0 Å². The molecule has 5 heteroatoms. The van der Waals surface area contributed by atoms with Gasteiger partial charge >= 0.3 is 0 Å². The number of hydrogen-bond donors (Lipinski definition) is 1. The molecule has 1 aliphatic rings. The lowest BCUT2D eigenvalue weighted by atomic mass is 9.93. The van der Waals surface area contributed by atoms with Crippen LogP contribution in [0.2, 0.25) is 0 Å². The second-order valence-corrected chi connectivity index (χ2v) is 4.25. The maximum atomic E-state index is 5.67. The number of nitrogens with zero attached hydrogens (tertiary/aromatic N) is 2. The summed E-state index contributed by atoms with van der Waals surface area (Å²) in [5, 5.41) is 8.14. The normalized spacial score (nSPS) is 18.9. The summed E-state index contributed by atoms with van der Waals surface area (Å²) in [6.45, 7) is 2.07. The molecule has 0 amide bonds. The first-order valence-corrected chi connectivity index (χ1v) is 5.78. The number of amidine groups is 1. The van der Waals surface area contributed by atoms with E-state index in [1.807, 2.05) is 18.2 Å². The molecule has 0 spiro atoms. The van der Waals surface area contributed by atoms with Gasteiger partial charge in [-0.05, 0) is 12.1 Å². The summed E-state index contributed by atoms with van der Waals surface area (Å²) in [4.78, 5) is 0. The van der Waals surface area contributed by atoms with Crippen molar-refractivity contribution in [1.82, 2.24) is 0 Å². The average Bonchev–Trinajstić information content (AvgIpc) is 2.38. The van der Waals surface area contributed by atoms with E-state index >= 15 is 0 Å². The molecule has 5 nitrogen and oxygen atoms in total. The van der Waals surface area contributed by atoms with Gasteiger partial charge in [0.15, 0.2) is 0 Å². The minimum absolute atomic E-state index is 0.227. The van der Waals surface area contributed by atoms with Crippen LogP contribution in [0.25, 0.3) is 0 Å². The SMILES string of the molecule is COc1ccc(C2=NN=C(N)CC2C)c(OC)c1. The third kappa shape index (κ3) is 2.30. The van der Waals surface area contributed by atoms with Crippen LogP contribution in [0, 0.1) is 5.92 Å². The number of ether oxygens (including phenoxy) is 2. The molecular weight excluding hydrogens is 230 g/mol. The van der Waals surface area contributed by atoms with Crippen LogP contribution in [0.3, 0.4) is 0 Å². The number of nitrogens with two attached hydrogens (primary N) is 1. The second kappa shape index (κ2) is 5.08. The van der Waals surface area contributed by atoms with E-state index in [1.54, 1.807) is 14.2 Å². The maximum Gasteiger partial charge on any atom is 0.131 e. The molecule has 1 aliphatic heterocycles. The van der Waals surface area contributed by atoms with Crippen molar-refractivity contribution in [2.75, 3.05) is 14.2 Å². The molecule has 0 aliphatic carbocycles. The standard InChI is InChI=1S/C13H17N3O2/c1-8-6-12(14)15-16-13(8)10-5-4-9(17-2)7-11(10)18-3/h4-5,7-8H,6H2,1-3H3,(H2,14,15). The summed E-state index contributed by atoms with van der Waals surface area (Å²) >= 11 is 0. The van der Waals surface area contributed by atoms with E-state index in [0.29, 0.717) is 12.3 Å². The molecule has 0 fully saturated rings. The zero-order chi connectivity index (χ0) is 13.1. The first kappa shape index (κ1) is 12.4. The quantitative estimate of drug-likeness (QED) is 0.885. The lowest BCUT2D eigenvalue weighted by Crippen LogP contribution is -2.25. The highest BCUT2D eigenvalue weighted by molar-refractivity contribution is 6.07. The summed E-state index contributed by atoms with van der Waals surface area (Å²) in [6.07, 6.45) is 0.716. The molecule has 0 bridgehead atoms. The predicted octanol–water partition coefficient (Wildman–Crippen LogP) is 1.80. The second-order valence-electron chi connectivity index (χ2n) is 4.25. The molecule has 18 heavy (non-hydrogen) atoms. The predicted molar refractivity (Wildman–Crippen MR) is 71.5 cm³/mol. The Morgan fingerprint density at radius 1 is 1.22 bits per heavy atom. The van der Waals surface area contributed by atoms with Crippen molar-refractivity contribution >= 4 is 11.5 Å². The Hall–Kier alpha value is -2.04. The lowest BCUT2D eigenvalue weighted by Gasteiger charge is -2.19. The Morgan fingerprint density at radius 2 is 2.00 bits per heavy atom. The lowest BCUT2D eigenvalue weighted by molar-refractivity contribution is 0.393. The molecule has 1 aromatic rings. The number of methoxy groups -OCH3 is 2. The van der Waals surface area contributed by atoms with Gasteiger partial charge < -0.3 is 15.2 Å². The Balaban J connectivity index is 2.44. The van der Waals surface area contributed by atoms with Crippen molar-refractivity contribution in [3.05, 3.63) is 23.8 Å². The Labute approximate surface area is 106 Å². The fourth-order valence-electron chi connectivity index (χ4n) is 2.00. The van der Waals surface area contributed by atoms with Gasteiger partial charge in [-0.1, -0.05) is 6.92 Å². The van der Waals surface area contributed by atoms with Crippen LogP contribution in [0.4, 0.5) is 0 Å². The zero-order valence-corrected chi connectivity index (χ0v) is 10.8. The Kier molecular flexibility index (Phi) is 3.50. The highest BCUT2D eigenvalue weighted by atomic mass is 16.5. The van der Waals surface area contributed by atoms with E-state index in [1.165, 1.54) is 0 Å². The van der Waals surface area contributed by atoms with Crippen molar-refractivity contribution in [2.24, 2.45) is 21.9 Å². The molecule has 1 atom stereocenters. The van der Waals surface area contributed by atoms with Crippen molar-refractivity contribution in [3.8, 4) is 11.5 Å². The van der Waals surface area contributed by atoms with Crippen molar-refractivity contribution in [2.45, 2.75) is 13.3 Å². The summed E-state index contributed by atoms with van der Waals surface area (Å²) in [6, 6.07) is 5.66. The molecule has 2 N–H and O–H groups in total. The van der Waals surface area contributed by atoms with Gasteiger partial charge in [0.05, 0.1) is 19.9 Å². The van der Waals surface area contributed by atoms with Crippen LogP contribution >= 0.6 is 0 Å². The van der Waals surface area contributed by atoms with Crippen LogP contribution < -0.4 is 15.2 Å². The first-order chi connectivity index (χ1) is 8.65. The maximum absolute atomic E-state index is 5.67. The molecule has 1 heterocycles.